The van der Waals surface area contributed by atoms with Crippen molar-refractivity contribution in [2.75, 3.05) is 36.8 Å². The molecule has 0 saturated carbocycles. The largest absolute Gasteiger partial charge is 0.419 e. The van der Waals surface area contributed by atoms with Crippen LogP contribution in [0.5, 0.6) is 0 Å². The predicted octanol–water partition coefficient (Wildman–Crippen LogP) is 50.8. The molecular formula is C58H68F6I49N10O4-. The third-order valence-corrected chi connectivity index (χ3v) is 3730. The number of benzene rings is 4. The number of nitrogens with two attached hydrogens (primary N) is 2. The molecule has 4 aromatic carbocycles. The molecule has 0 spiro atoms. The molecule has 127 heavy (non-hydrogen) atoms. The number of rotatable bonds is 39. The number of aromatic nitrogens is 4. The Hall–Kier alpha value is 28.2. The maximum atomic E-state index is 13.8. The summed E-state index contributed by atoms with van der Waals surface area (Å²) in [6.07, 6.45) is -3.45. The van der Waals surface area contributed by atoms with Crippen molar-refractivity contribution in [2.45, 2.75) is 122 Å². The number of hydrogen-bond donors (Lipinski definition) is 5. The molecule has 14 nitrogen and oxygen atoms in total. The Balaban J connectivity index is 0.000000340. The number of amides is 3. The Kier molecular flexibility index (Phi) is 88.7. The third-order valence-electron chi connectivity index (χ3n) is 15.2. The number of nitrogens with one attached hydrogen (secondary N) is 3. The molecule has 2 aromatic heterocycles. The summed E-state index contributed by atoms with van der Waals surface area (Å²) in [6.45, 7) is 8.75. The van der Waals surface area contributed by atoms with Gasteiger partial charge in [0.05, 0.1) is 35.4 Å². The topological polar surface area (TPSA) is 203 Å². The van der Waals surface area contributed by atoms with Gasteiger partial charge in [0.2, 0.25) is 23.7 Å². The summed E-state index contributed by atoms with van der Waals surface area (Å²) in [5.74, 6) is -0.0482. The number of piperidine rings is 2. The molecule has 760 valence electrons. The zero-order valence-electron chi connectivity index (χ0n) is 61.8. The second-order valence-corrected chi connectivity index (χ2v) is 1160. The Labute approximate surface area is 1070 Å². The molecule has 2 fully saturated rings. The fourth-order valence-corrected chi connectivity index (χ4v) is 9020. The average Bonchev–Trinajstić information content (AvgIpc) is 0.816. The van der Waals surface area contributed by atoms with Gasteiger partial charge >= 0.3 is 679 Å². The zero-order chi connectivity index (χ0) is 94.3. The number of nitrogens with zero attached hydrogens (tertiary/aromatic N) is 5. The van der Waals surface area contributed by atoms with Gasteiger partial charge in [0, 0.05) is 36.9 Å². The summed E-state index contributed by atoms with van der Waals surface area (Å²) in [5, 5.41) is 9.39. The molecule has 0 bridgehead atoms. The first-order valence-corrected chi connectivity index (χ1v) is 334. The van der Waals surface area contributed by atoms with Crippen LogP contribution in [0, 0.1) is 0 Å². The monoisotopic (exact) mass is 7300 g/mol. The second-order valence-electron chi connectivity index (χ2n) is 24.0. The average molecular weight is 7300 g/mol. The number of alkyl halides is 6. The minimum Gasteiger partial charge on any atom is -0.369 e. The van der Waals surface area contributed by atoms with Crippen LogP contribution in [0.2, 0.25) is 0 Å². The summed E-state index contributed by atoms with van der Waals surface area (Å²) >= 11 is 82.3. The van der Waals surface area contributed by atoms with Crippen molar-refractivity contribution < 1.29 is 58.7 Å². The van der Waals surface area contributed by atoms with E-state index >= 15 is 0 Å². The van der Waals surface area contributed by atoms with E-state index in [9.17, 15) is 40.7 Å². The number of primary amides is 2. The van der Waals surface area contributed by atoms with Crippen molar-refractivity contribution in [1.29, 1.82) is 0 Å². The van der Waals surface area contributed by atoms with E-state index in [1.807, 2.05) is 69.3 Å². The normalized spacial score (nSPS) is 16.0. The Morgan fingerprint density at radius 1 is 0.433 bits per heavy atom. The first-order valence-electron chi connectivity index (χ1n) is 32.4. The van der Waals surface area contributed by atoms with Crippen LogP contribution >= 0.6 is 647 Å². The van der Waals surface area contributed by atoms with Crippen LogP contribution in [0.15, 0.2) is 109 Å². The van der Waals surface area contributed by atoms with Gasteiger partial charge < -0.3 is 37.1 Å². The number of ether oxygens (including phenoxy) is 1. The van der Waals surface area contributed by atoms with E-state index in [1.165, 1.54) is 5.56 Å². The maximum Gasteiger partial charge on any atom is 0.419 e. The molecule has 4 heterocycles. The molecule has 0 radical (unpaired) electrons. The van der Waals surface area contributed by atoms with Crippen LogP contribution in [0.3, 0.4) is 0 Å². The minimum absolute atomic E-state index is 0. The molecule has 6 aromatic rings. The Morgan fingerprint density at radius 3 is 0.992 bits per heavy atom. The van der Waals surface area contributed by atoms with E-state index in [1.54, 1.807) is 53.4 Å². The van der Waals surface area contributed by atoms with E-state index < -0.39 is 222 Å². The van der Waals surface area contributed by atoms with Gasteiger partial charge in [0.15, 0.2) is 0 Å². The summed E-state index contributed by atoms with van der Waals surface area (Å²) in [5.41, 5.74) is 14.7. The van der Waals surface area contributed by atoms with Crippen LogP contribution in [0.4, 0.5) is 54.4 Å². The first-order chi connectivity index (χ1) is 58.9. The smallest absolute Gasteiger partial charge is 0.369 e. The minimum atomic E-state index is -4.61. The molecule has 0 atom stereocenters. The van der Waals surface area contributed by atoms with E-state index in [2.05, 4.69) is 501 Å². The van der Waals surface area contributed by atoms with Crippen molar-refractivity contribution in [1.82, 2.24) is 30.2 Å². The van der Waals surface area contributed by atoms with Gasteiger partial charge in [0.25, 0.3) is 0 Å². The van der Waals surface area contributed by atoms with Crippen LogP contribution in [-0.2, 0) is 65.2 Å². The summed E-state index contributed by atoms with van der Waals surface area (Å²) in [4.78, 5) is 53.1. The Morgan fingerprint density at radius 2 is 0.717 bits per heavy atom. The fourth-order valence-electron chi connectivity index (χ4n) is 10.1. The molecule has 3 amide bonds. The number of carbonyl (C=O) groups excluding carboxylic acids is 3. The SMILES string of the molecule is C.CC(C)(C)OC(=O)N1CCC(c2ccc(Nc3ncc(C(F)(F)F)c(CCc4ccccc4CC(N)=O)n3)cc2)CC1.I[I-]I(I)I(I)I(I)I(I)I(I)I(I)I(I)I(I)I(I)I(I)I(I)I(I)I(I)I(I)I(I)I(I)I(I)I(I)I(I)I(I)I(I)I(I)I(I)I.NC(=O)Cc1ccccc1CCc1nc(Nc2ccc(C3CCNCC3)cc2)ncc1C(F)(F)F. The second kappa shape index (κ2) is 77.4. The quantitative estimate of drug-likeness (QED) is 0.0181. The van der Waals surface area contributed by atoms with Gasteiger partial charge in [-0.1, -0.05) is 80.2 Å². The van der Waals surface area contributed by atoms with E-state index in [0.29, 0.717) is 54.8 Å². The van der Waals surface area contributed by atoms with E-state index in [0.717, 1.165) is 67.9 Å². The molecule has 69 heteroatoms. The molecule has 7 N–H and O–H groups in total. The van der Waals surface area contributed by atoms with Crippen molar-refractivity contribution in [3.8, 4) is 0 Å². The van der Waals surface area contributed by atoms with Crippen molar-refractivity contribution in [3.63, 3.8) is 0 Å². The van der Waals surface area contributed by atoms with Crippen molar-refractivity contribution in [3.05, 3.63) is 165 Å². The van der Waals surface area contributed by atoms with Gasteiger partial charge in [-0.3, -0.25) is 9.59 Å². The summed E-state index contributed by atoms with van der Waals surface area (Å²) < 4.78 is 87.7. The number of halogens is 55. The standard InChI is InChI=1S/C31H36F3N5O3.C26H28F3N5O.CH4.I49/c1-30(2,3)42-29(41)39-16-14-22(15-17-39)21-8-11-24(12-9-21)37-28-36-19-25(31(32,33)34)26(38-28)13-10-20-6-4-5-7-23(20)18-27(35)40;27-26(28,29)22-16-32-25(33-21-8-5-18(6-9-21)19-11-13-31-14-12-19)34-23(22)10-7-17-3-1-2-4-20(17)15-24(30)35;;1-26-28(4)30(6)32(8)34(10)36(12)38(14)40(16)42(18)44(20)46(22)48(24)49(25)47(23)45(21)43(19)41(17)39(15)37(13)35(11)33(9)31(7)29(5)27(2)3/h4-9,11-12,19,22H,10,13-18H2,1-3H3,(H2,35,40)(H,36,37,38);1-6,8-9,16,19,31H,7,10-15H2,(H2,30,35)(H,32,33,34);1H4;/q;;;-1. The molecule has 0 aliphatic carbocycles. The molecule has 2 aliphatic rings. The fraction of sp³-hybridized carbons (Fsp3) is 0.397. The van der Waals surface area contributed by atoms with Crippen molar-refractivity contribution >= 4 is 688 Å². The van der Waals surface area contributed by atoms with Gasteiger partial charge in [-0.2, -0.15) is 26.3 Å². The number of carbonyl (C=O) groups is 3. The molecule has 2 aliphatic heterocycles. The summed E-state index contributed by atoms with van der Waals surface area (Å²) in [6, 6.07) is 29.6. The molecule has 8 rings (SSSR count). The van der Waals surface area contributed by atoms with Crippen LogP contribution in [-0.4, -0.2) is 74.5 Å². The van der Waals surface area contributed by atoms with E-state index in [4.69, 9.17) is 16.2 Å². The maximum absolute atomic E-state index is 13.8. The molecular weight excluding hydrogens is 7230 g/mol. The number of hydrogen-bond acceptors (Lipinski definition) is 11. The zero-order valence-corrected chi connectivity index (χ0v) is 167. The van der Waals surface area contributed by atoms with Gasteiger partial charge in [-0.05, 0) is 155 Å². The van der Waals surface area contributed by atoms with Crippen LogP contribution in [0.1, 0.15) is 122 Å². The number of anilines is 4. The first kappa shape index (κ1) is 146. The Bertz CT molecular complexity index is 4380. The third kappa shape index (κ3) is 53.1. The van der Waals surface area contributed by atoms with Gasteiger partial charge in [-0.15, -0.1) is 0 Å². The number of aryl methyl sites for hydroxylation is 4. The summed E-state index contributed by atoms with van der Waals surface area (Å²) in [7, 11) is -12.0. The molecule has 2 saturated heterocycles. The molecule has 0 unspecified atom stereocenters. The predicted molar refractivity (Wildman–Crippen MR) is 961 cm³/mol. The van der Waals surface area contributed by atoms with Gasteiger partial charge in [0.1, 0.15) is 5.60 Å². The van der Waals surface area contributed by atoms with Crippen molar-refractivity contribution in [2.24, 2.45) is 11.5 Å². The van der Waals surface area contributed by atoms with Gasteiger partial charge in [-0.25, -0.2) is 24.7 Å². The van der Waals surface area contributed by atoms with Crippen LogP contribution in [0.25, 0.3) is 0 Å². The number of likely N-dealkylation sites (tertiary alicyclic amines) is 1. The van der Waals surface area contributed by atoms with Crippen LogP contribution < -0.4 is 40.7 Å². The van der Waals surface area contributed by atoms with E-state index in [-0.39, 0.29) is 81.2 Å².